The summed E-state index contributed by atoms with van der Waals surface area (Å²) in [6.07, 6.45) is 0. The van der Waals surface area contributed by atoms with Gasteiger partial charge in [-0.1, -0.05) is 12.1 Å². The van der Waals surface area contributed by atoms with Crippen molar-refractivity contribution < 1.29 is 8.83 Å². The highest BCUT2D eigenvalue weighted by Crippen LogP contribution is 2.28. The summed E-state index contributed by atoms with van der Waals surface area (Å²) in [5, 5.41) is 4.38. The first-order valence-electron chi connectivity index (χ1n) is 9.93. The molecule has 0 saturated carbocycles. The average molecular weight is 389 g/mol. The molecule has 2 aromatic heterocycles. The van der Waals surface area contributed by atoms with E-state index in [-0.39, 0.29) is 0 Å². The van der Waals surface area contributed by atoms with E-state index >= 15 is 0 Å². The van der Waals surface area contributed by atoms with E-state index in [4.69, 9.17) is 8.83 Å². The van der Waals surface area contributed by atoms with Gasteiger partial charge < -0.3 is 19.1 Å². The Morgan fingerprint density at radius 1 is 1.03 bits per heavy atom. The number of benzene rings is 2. The summed E-state index contributed by atoms with van der Waals surface area (Å²) in [7, 11) is 0. The molecule has 0 unspecified atom stereocenters. The zero-order chi connectivity index (χ0) is 20.1. The minimum absolute atomic E-state index is 0.291. The van der Waals surface area contributed by atoms with Gasteiger partial charge in [0.15, 0.2) is 5.58 Å². The van der Waals surface area contributed by atoms with Crippen molar-refractivity contribution >= 4 is 27.8 Å². The molecule has 1 N–H and O–H groups in total. The lowest BCUT2D eigenvalue weighted by molar-refractivity contribution is 0.407. The van der Waals surface area contributed by atoms with Crippen LogP contribution in [0.5, 0.6) is 0 Å². The Morgan fingerprint density at radius 3 is 2.59 bits per heavy atom. The molecule has 3 heterocycles. The lowest BCUT2D eigenvalue weighted by atomic mass is 10.1. The molecule has 4 aromatic rings. The molecule has 0 spiro atoms. The van der Waals surface area contributed by atoms with Gasteiger partial charge in [-0.2, -0.15) is 0 Å². The fraction of sp³-hybridized carbons (Fsp3) is 0.304. The molecule has 1 aliphatic heterocycles. The molecule has 1 saturated heterocycles. The van der Waals surface area contributed by atoms with Crippen molar-refractivity contribution in [3.8, 4) is 11.5 Å². The SMILES string of the molecule is Cc1cccc2oc(-c3cc4ccc(N5C[C@@H](C)N[C@@H](C)C5)cc4oc3=O)nc12. The zero-order valence-electron chi connectivity index (χ0n) is 16.7. The summed E-state index contributed by atoms with van der Waals surface area (Å²) >= 11 is 0. The molecule has 0 radical (unpaired) electrons. The number of fused-ring (bicyclic) bond motifs is 2. The minimum Gasteiger partial charge on any atom is -0.436 e. The maximum Gasteiger partial charge on any atom is 0.349 e. The molecule has 29 heavy (non-hydrogen) atoms. The van der Waals surface area contributed by atoms with Gasteiger partial charge in [0.2, 0.25) is 5.89 Å². The van der Waals surface area contributed by atoms with E-state index in [0.717, 1.165) is 35.2 Å². The molecule has 0 bridgehead atoms. The molecule has 0 amide bonds. The second-order valence-corrected chi connectivity index (χ2v) is 7.98. The first-order valence-corrected chi connectivity index (χ1v) is 9.93. The highest BCUT2D eigenvalue weighted by molar-refractivity contribution is 5.85. The molecule has 0 aliphatic carbocycles. The number of hydrogen-bond acceptors (Lipinski definition) is 6. The Morgan fingerprint density at radius 2 is 1.83 bits per heavy atom. The number of anilines is 1. The van der Waals surface area contributed by atoms with Crippen molar-refractivity contribution in [1.29, 1.82) is 0 Å². The van der Waals surface area contributed by atoms with Gasteiger partial charge in [0.1, 0.15) is 16.7 Å². The number of rotatable bonds is 2. The number of piperazine rings is 1. The molecular formula is C23H23N3O3. The lowest BCUT2D eigenvalue weighted by Crippen LogP contribution is -2.54. The monoisotopic (exact) mass is 389 g/mol. The van der Waals surface area contributed by atoms with Crippen LogP contribution in [0.2, 0.25) is 0 Å². The number of nitrogens with zero attached hydrogens (tertiary/aromatic N) is 2. The molecule has 148 valence electrons. The van der Waals surface area contributed by atoms with E-state index in [1.807, 2.05) is 37.3 Å². The van der Waals surface area contributed by atoms with Crippen LogP contribution in [0.3, 0.4) is 0 Å². The average Bonchev–Trinajstić information content (AvgIpc) is 3.11. The first-order chi connectivity index (χ1) is 14.0. The Kier molecular flexibility index (Phi) is 4.17. The summed E-state index contributed by atoms with van der Waals surface area (Å²) in [5.74, 6) is 0.291. The summed E-state index contributed by atoms with van der Waals surface area (Å²) in [5.41, 5.74) is 3.96. The molecule has 5 rings (SSSR count). The first kappa shape index (κ1) is 17.9. The normalized spacial score (nSPS) is 19.9. The highest BCUT2D eigenvalue weighted by atomic mass is 16.4. The summed E-state index contributed by atoms with van der Waals surface area (Å²) in [6, 6.07) is 14.4. The fourth-order valence-corrected chi connectivity index (χ4v) is 4.18. The van der Waals surface area contributed by atoms with Crippen molar-refractivity contribution in [2.24, 2.45) is 0 Å². The van der Waals surface area contributed by atoms with E-state index in [1.165, 1.54) is 0 Å². The largest absolute Gasteiger partial charge is 0.436 e. The Bertz CT molecular complexity index is 1260. The van der Waals surface area contributed by atoms with E-state index in [2.05, 4.69) is 35.1 Å². The predicted octanol–water partition coefficient (Wildman–Crippen LogP) is 4.10. The number of hydrogen-bond donors (Lipinski definition) is 1. The van der Waals surface area contributed by atoms with Crippen LogP contribution in [0.25, 0.3) is 33.5 Å². The topological polar surface area (TPSA) is 71.5 Å². The van der Waals surface area contributed by atoms with Crippen molar-refractivity contribution in [3.63, 3.8) is 0 Å². The van der Waals surface area contributed by atoms with Crippen molar-refractivity contribution in [2.45, 2.75) is 32.9 Å². The van der Waals surface area contributed by atoms with E-state index < -0.39 is 5.63 Å². The van der Waals surface area contributed by atoms with Crippen LogP contribution in [0, 0.1) is 6.92 Å². The summed E-state index contributed by atoms with van der Waals surface area (Å²) in [6.45, 7) is 8.16. The number of aryl methyl sites for hydroxylation is 1. The van der Waals surface area contributed by atoms with Crippen molar-refractivity contribution in [2.75, 3.05) is 18.0 Å². The van der Waals surface area contributed by atoms with Gasteiger partial charge in [0.05, 0.1) is 0 Å². The quantitative estimate of drug-likeness (QED) is 0.521. The van der Waals surface area contributed by atoms with Crippen LogP contribution >= 0.6 is 0 Å². The molecule has 2 aromatic carbocycles. The van der Waals surface area contributed by atoms with Crippen LogP contribution in [0.15, 0.2) is 56.1 Å². The van der Waals surface area contributed by atoms with E-state index in [1.54, 1.807) is 6.07 Å². The minimum atomic E-state index is -0.444. The van der Waals surface area contributed by atoms with E-state index in [9.17, 15) is 4.79 Å². The van der Waals surface area contributed by atoms with Gasteiger partial charge >= 0.3 is 5.63 Å². The van der Waals surface area contributed by atoms with Crippen molar-refractivity contribution in [1.82, 2.24) is 10.3 Å². The number of oxazole rings is 1. The van der Waals surface area contributed by atoms with Gasteiger partial charge in [-0.3, -0.25) is 0 Å². The van der Waals surface area contributed by atoms with Gasteiger partial charge in [0, 0.05) is 42.3 Å². The highest BCUT2D eigenvalue weighted by Gasteiger charge is 2.22. The Balaban J connectivity index is 1.56. The maximum atomic E-state index is 12.7. The summed E-state index contributed by atoms with van der Waals surface area (Å²) in [4.78, 5) is 19.5. The van der Waals surface area contributed by atoms with Crippen LogP contribution < -0.4 is 15.8 Å². The van der Waals surface area contributed by atoms with Gasteiger partial charge in [-0.15, -0.1) is 0 Å². The van der Waals surface area contributed by atoms with Crippen LogP contribution in [-0.4, -0.2) is 30.2 Å². The third kappa shape index (κ3) is 3.19. The Hall–Kier alpha value is -3.12. The molecule has 1 aliphatic rings. The fourth-order valence-electron chi connectivity index (χ4n) is 4.18. The molecule has 6 nitrogen and oxygen atoms in total. The van der Waals surface area contributed by atoms with Gasteiger partial charge in [-0.05, 0) is 50.6 Å². The number of nitrogens with one attached hydrogen (secondary N) is 1. The molecule has 6 heteroatoms. The number of aromatic nitrogens is 1. The third-order valence-electron chi connectivity index (χ3n) is 5.49. The molecule has 2 atom stereocenters. The van der Waals surface area contributed by atoms with Crippen molar-refractivity contribution in [3.05, 3.63) is 58.4 Å². The smallest absolute Gasteiger partial charge is 0.349 e. The standard InChI is InChI=1S/C23H23N3O3/c1-13-5-4-6-19-21(13)25-22(28-19)18-9-16-7-8-17(10-20(16)29-23(18)27)26-11-14(2)24-15(3)12-26/h4-10,14-15,24H,11-12H2,1-3H3/t14-,15+. The van der Waals surface area contributed by atoms with Gasteiger partial charge in [0.25, 0.3) is 0 Å². The second-order valence-electron chi connectivity index (χ2n) is 7.98. The van der Waals surface area contributed by atoms with E-state index in [0.29, 0.717) is 34.7 Å². The van der Waals surface area contributed by atoms with Gasteiger partial charge in [-0.25, -0.2) is 9.78 Å². The third-order valence-corrected chi connectivity index (χ3v) is 5.49. The molecule has 1 fully saturated rings. The summed E-state index contributed by atoms with van der Waals surface area (Å²) < 4.78 is 11.5. The molecular weight excluding hydrogens is 366 g/mol. The van der Waals surface area contributed by atoms with Crippen LogP contribution in [-0.2, 0) is 0 Å². The Labute approximate surface area is 168 Å². The lowest BCUT2D eigenvalue weighted by Gasteiger charge is -2.37. The van der Waals surface area contributed by atoms with Crippen LogP contribution in [0.1, 0.15) is 19.4 Å². The maximum absolute atomic E-state index is 12.7. The second kappa shape index (κ2) is 6.74. The zero-order valence-corrected chi connectivity index (χ0v) is 16.7. The predicted molar refractivity (Wildman–Crippen MR) is 114 cm³/mol. The number of para-hydroxylation sites is 1. The van der Waals surface area contributed by atoms with Crippen LogP contribution in [0.4, 0.5) is 5.69 Å².